The number of piperidine rings is 1. The van der Waals surface area contributed by atoms with Crippen LogP contribution in [-0.2, 0) is 0 Å². The SMILES string of the molecule is CCCOc1ccnc(N2CCCC(CCBr)C2)n1. The van der Waals surface area contributed by atoms with Gasteiger partial charge in [-0.3, -0.25) is 0 Å². The van der Waals surface area contributed by atoms with E-state index < -0.39 is 0 Å². The first-order valence-electron chi connectivity index (χ1n) is 7.10. The van der Waals surface area contributed by atoms with E-state index in [0.717, 1.165) is 36.7 Å². The highest BCUT2D eigenvalue weighted by atomic mass is 79.9. The van der Waals surface area contributed by atoms with Crippen molar-refractivity contribution in [2.75, 3.05) is 29.9 Å². The fourth-order valence-electron chi connectivity index (χ4n) is 2.41. The fraction of sp³-hybridized carbons (Fsp3) is 0.714. The number of ether oxygens (including phenoxy) is 1. The molecule has 0 saturated carbocycles. The standard InChI is InChI=1S/C14H22BrN3O/c1-2-10-19-13-6-8-16-14(17-13)18-9-3-4-12(11-18)5-7-15/h6,8,12H,2-5,7,9-11H2,1H3. The minimum atomic E-state index is 0.689. The lowest BCUT2D eigenvalue weighted by atomic mass is 9.96. The van der Waals surface area contributed by atoms with E-state index in [4.69, 9.17) is 4.74 Å². The van der Waals surface area contributed by atoms with Crippen LogP contribution in [0.3, 0.4) is 0 Å². The van der Waals surface area contributed by atoms with Crippen molar-refractivity contribution < 1.29 is 4.74 Å². The number of halogens is 1. The van der Waals surface area contributed by atoms with Crippen LogP contribution >= 0.6 is 15.9 Å². The maximum Gasteiger partial charge on any atom is 0.228 e. The van der Waals surface area contributed by atoms with Crippen molar-refractivity contribution in [1.82, 2.24) is 9.97 Å². The average molecular weight is 328 g/mol. The highest BCUT2D eigenvalue weighted by Gasteiger charge is 2.21. The molecule has 1 aliphatic heterocycles. The molecule has 2 rings (SSSR count). The van der Waals surface area contributed by atoms with Gasteiger partial charge in [-0.1, -0.05) is 22.9 Å². The number of rotatable bonds is 6. The Balaban J connectivity index is 1.99. The molecule has 0 aromatic carbocycles. The zero-order chi connectivity index (χ0) is 13.5. The van der Waals surface area contributed by atoms with E-state index in [0.29, 0.717) is 12.5 Å². The fourth-order valence-corrected chi connectivity index (χ4v) is 3.06. The summed E-state index contributed by atoms with van der Waals surface area (Å²) in [5, 5.41) is 1.08. The Morgan fingerprint density at radius 1 is 1.53 bits per heavy atom. The lowest BCUT2D eigenvalue weighted by Crippen LogP contribution is -2.36. The molecule has 0 radical (unpaired) electrons. The van der Waals surface area contributed by atoms with Gasteiger partial charge in [0.15, 0.2) is 0 Å². The van der Waals surface area contributed by atoms with Gasteiger partial charge in [0.05, 0.1) is 6.61 Å². The van der Waals surface area contributed by atoms with Gasteiger partial charge >= 0.3 is 0 Å². The van der Waals surface area contributed by atoms with E-state index in [1.165, 1.54) is 19.3 Å². The summed E-state index contributed by atoms with van der Waals surface area (Å²) in [7, 11) is 0. The third kappa shape index (κ3) is 4.34. The summed E-state index contributed by atoms with van der Waals surface area (Å²) < 4.78 is 5.58. The van der Waals surface area contributed by atoms with Crippen LogP contribution in [0, 0.1) is 5.92 Å². The van der Waals surface area contributed by atoms with Crippen LogP contribution in [0.25, 0.3) is 0 Å². The van der Waals surface area contributed by atoms with Crippen molar-refractivity contribution in [3.05, 3.63) is 12.3 Å². The Morgan fingerprint density at radius 2 is 2.42 bits per heavy atom. The second-order valence-electron chi connectivity index (χ2n) is 4.98. The van der Waals surface area contributed by atoms with Gasteiger partial charge in [-0.25, -0.2) is 4.98 Å². The van der Waals surface area contributed by atoms with Gasteiger partial charge < -0.3 is 9.64 Å². The first-order valence-corrected chi connectivity index (χ1v) is 8.22. The molecule has 1 unspecified atom stereocenters. The summed E-state index contributed by atoms with van der Waals surface area (Å²) in [4.78, 5) is 11.2. The Bertz CT molecular complexity index is 387. The Hall–Kier alpha value is -0.840. The molecule has 1 atom stereocenters. The molecule has 1 fully saturated rings. The summed E-state index contributed by atoms with van der Waals surface area (Å²) in [6, 6.07) is 1.83. The number of alkyl halides is 1. The van der Waals surface area contributed by atoms with E-state index in [9.17, 15) is 0 Å². The van der Waals surface area contributed by atoms with Crippen molar-refractivity contribution in [2.45, 2.75) is 32.6 Å². The van der Waals surface area contributed by atoms with Crippen molar-refractivity contribution >= 4 is 21.9 Å². The predicted octanol–water partition coefficient (Wildman–Crippen LogP) is 3.27. The van der Waals surface area contributed by atoms with Gasteiger partial charge in [-0.05, 0) is 31.6 Å². The molecule has 1 aromatic rings. The van der Waals surface area contributed by atoms with Crippen molar-refractivity contribution in [3.63, 3.8) is 0 Å². The van der Waals surface area contributed by atoms with E-state index in [1.807, 2.05) is 6.07 Å². The van der Waals surface area contributed by atoms with Gasteiger partial charge in [0.2, 0.25) is 11.8 Å². The molecule has 4 nitrogen and oxygen atoms in total. The summed E-state index contributed by atoms with van der Waals surface area (Å²) in [5.41, 5.74) is 0. The summed E-state index contributed by atoms with van der Waals surface area (Å²) in [5.74, 6) is 2.25. The van der Waals surface area contributed by atoms with Crippen LogP contribution in [0.1, 0.15) is 32.6 Å². The molecular weight excluding hydrogens is 306 g/mol. The average Bonchev–Trinajstić information content (AvgIpc) is 2.46. The zero-order valence-electron chi connectivity index (χ0n) is 11.5. The molecule has 0 spiro atoms. The highest BCUT2D eigenvalue weighted by molar-refractivity contribution is 9.09. The first-order chi connectivity index (χ1) is 9.33. The van der Waals surface area contributed by atoms with Crippen LogP contribution < -0.4 is 9.64 Å². The van der Waals surface area contributed by atoms with Crippen molar-refractivity contribution in [1.29, 1.82) is 0 Å². The molecule has 19 heavy (non-hydrogen) atoms. The number of nitrogens with zero attached hydrogens (tertiary/aromatic N) is 3. The van der Waals surface area contributed by atoms with Crippen LogP contribution in [0.4, 0.5) is 5.95 Å². The quantitative estimate of drug-likeness (QED) is 0.751. The molecular formula is C14H22BrN3O. The minimum absolute atomic E-state index is 0.689. The number of hydrogen-bond acceptors (Lipinski definition) is 4. The topological polar surface area (TPSA) is 38.2 Å². The maximum absolute atomic E-state index is 5.58. The Kier molecular flexibility index (Phi) is 5.89. The Morgan fingerprint density at radius 3 is 3.21 bits per heavy atom. The van der Waals surface area contributed by atoms with Crippen molar-refractivity contribution in [2.24, 2.45) is 5.92 Å². The molecule has 5 heteroatoms. The minimum Gasteiger partial charge on any atom is -0.478 e. The molecule has 1 aromatic heterocycles. The molecule has 0 amide bonds. The van der Waals surface area contributed by atoms with Gasteiger partial charge in [0.1, 0.15) is 0 Å². The lowest BCUT2D eigenvalue weighted by Gasteiger charge is -2.32. The zero-order valence-corrected chi connectivity index (χ0v) is 13.1. The monoisotopic (exact) mass is 327 g/mol. The Labute approximate surface area is 123 Å². The second-order valence-corrected chi connectivity index (χ2v) is 5.77. The van der Waals surface area contributed by atoms with Gasteiger partial charge in [0.25, 0.3) is 0 Å². The first kappa shape index (κ1) is 14.6. The van der Waals surface area contributed by atoms with Crippen LogP contribution in [-0.4, -0.2) is 35.0 Å². The number of hydrogen-bond donors (Lipinski definition) is 0. The molecule has 1 saturated heterocycles. The van der Waals surface area contributed by atoms with E-state index in [1.54, 1.807) is 6.20 Å². The molecule has 0 N–H and O–H groups in total. The van der Waals surface area contributed by atoms with Crippen LogP contribution in [0.2, 0.25) is 0 Å². The molecule has 0 aliphatic carbocycles. The van der Waals surface area contributed by atoms with E-state index in [2.05, 4.69) is 37.7 Å². The van der Waals surface area contributed by atoms with E-state index >= 15 is 0 Å². The summed E-state index contributed by atoms with van der Waals surface area (Å²) in [6.07, 6.45) is 6.55. The second kappa shape index (κ2) is 7.68. The van der Waals surface area contributed by atoms with E-state index in [-0.39, 0.29) is 0 Å². The largest absolute Gasteiger partial charge is 0.478 e. The predicted molar refractivity (Wildman–Crippen MR) is 81.2 cm³/mol. The maximum atomic E-state index is 5.58. The van der Waals surface area contributed by atoms with Crippen LogP contribution in [0.15, 0.2) is 12.3 Å². The molecule has 2 heterocycles. The van der Waals surface area contributed by atoms with Gasteiger partial charge in [-0.2, -0.15) is 4.98 Å². The van der Waals surface area contributed by atoms with Crippen LogP contribution in [0.5, 0.6) is 5.88 Å². The smallest absolute Gasteiger partial charge is 0.228 e. The summed E-state index contributed by atoms with van der Waals surface area (Å²) >= 11 is 3.53. The highest BCUT2D eigenvalue weighted by Crippen LogP contribution is 2.24. The number of aromatic nitrogens is 2. The van der Waals surface area contributed by atoms with Gasteiger partial charge in [0, 0.05) is 30.7 Å². The third-order valence-corrected chi connectivity index (χ3v) is 3.85. The molecule has 0 bridgehead atoms. The third-order valence-electron chi connectivity index (χ3n) is 3.39. The molecule has 106 valence electrons. The summed E-state index contributed by atoms with van der Waals surface area (Å²) in [6.45, 7) is 4.92. The number of anilines is 1. The van der Waals surface area contributed by atoms with Gasteiger partial charge in [-0.15, -0.1) is 0 Å². The van der Waals surface area contributed by atoms with Crippen molar-refractivity contribution in [3.8, 4) is 5.88 Å². The normalized spacial score (nSPS) is 19.5. The lowest BCUT2D eigenvalue weighted by molar-refractivity contribution is 0.304. The molecule has 1 aliphatic rings.